The molecule has 2 N–H and O–H groups in total. The van der Waals surface area contributed by atoms with Crippen LogP contribution in [0, 0.1) is 0 Å². The summed E-state index contributed by atoms with van der Waals surface area (Å²) in [5.74, 6) is -3.86. The molecule has 0 fully saturated rings. The second-order valence-electron chi connectivity index (χ2n) is 3.85. The average molecular weight is 332 g/mol. The molecule has 0 saturated heterocycles. The van der Waals surface area contributed by atoms with Crippen LogP contribution in [-0.2, 0) is 22.2 Å². The molecule has 0 heterocycles. The normalized spacial score (nSPS) is 11.4. The Morgan fingerprint density at radius 3 is 1.77 bits per heavy atom. The lowest BCUT2D eigenvalue weighted by Gasteiger charge is -2.11. The standard InChI is InChI=1S/C10H9F3O2.C2HF3O2/c11-10(12,13)8-4-2-1-3-7(8)5-6-9(14)15;3-2(4,5)1(6)7/h1-4H,5-6H2,(H,14,15);(H,6,7). The average Bonchev–Trinajstić information content (AvgIpc) is 2.35. The highest BCUT2D eigenvalue weighted by atomic mass is 19.4. The van der Waals surface area contributed by atoms with Gasteiger partial charge < -0.3 is 10.2 Å². The number of halogens is 6. The van der Waals surface area contributed by atoms with E-state index in [1.54, 1.807) is 0 Å². The Hall–Kier alpha value is -2.26. The van der Waals surface area contributed by atoms with Gasteiger partial charge in [-0.05, 0) is 18.1 Å². The van der Waals surface area contributed by atoms with Crippen molar-refractivity contribution >= 4 is 11.9 Å². The van der Waals surface area contributed by atoms with Crippen LogP contribution in [-0.4, -0.2) is 28.3 Å². The van der Waals surface area contributed by atoms with Crippen LogP contribution in [0.15, 0.2) is 24.3 Å². The largest absolute Gasteiger partial charge is 0.490 e. The number of alkyl halides is 6. The summed E-state index contributed by atoms with van der Waals surface area (Å²) in [4.78, 5) is 19.1. The molecule has 0 aliphatic carbocycles. The molecule has 1 aromatic rings. The molecule has 0 saturated carbocycles. The van der Waals surface area contributed by atoms with Crippen LogP contribution in [0.25, 0.3) is 0 Å². The number of benzene rings is 1. The fraction of sp³-hybridized carbons (Fsp3) is 0.333. The monoisotopic (exact) mass is 332 g/mol. The fourth-order valence-electron chi connectivity index (χ4n) is 1.26. The number of carboxylic acid groups (broad SMARTS) is 2. The fourth-order valence-corrected chi connectivity index (χ4v) is 1.26. The molecule has 1 rings (SSSR count). The predicted molar refractivity (Wildman–Crippen MR) is 61.1 cm³/mol. The molecule has 0 aliphatic heterocycles. The number of rotatable bonds is 3. The van der Waals surface area contributed by atoms with Crippen LogP contribution in [0.2, 0.25) is 0 Å². The smallest absolute Gasteiger partial charge is 0.481 e. The highest BCUT2D eigenvalue weighted by molar-refractivity contribution is 5.73. The van der Waals surface area contributed by atoms with Crippen LogP contribution in [0.4, 0.5) is 26.3 Å². The molecule has 0 aliphatic rings. The van der Waals surface area contributed by atoms with E-state index in [9.17, 15) is 31.1 Å². The van der Waals surface area contributed by atoms with Gasteiger partial charge in [-0.15, -0.1) is 0 Å². The third-order valence-electron chi connectivity index (χ3n) is 2.17. The lowest BCUT2D eigenvalue weighted by molar-refractivity contribution is -0.192. The highest BCUT2D eigenvalue weighted by Gasteiger charge is 2.38. The van der Waals surface area contributed by atoms with Gasteiger partial charge in [-0.3, -0.25) is 4.79 Å². The second-order valence-corrected chi connectivity index (χ2v) is 3.85. The molecule has 124 valence electrons. The highest BCUT2D eigenvalue weighted by Crippen LogP contribution is 2.32. The Kier molecular flexibility index (Phi) is 6.88. The van der Waals surface area contributed by atoms with Crippen molar-refractivity contribution in [3.05, 3.63) is 35.4 Å². The molecule has 0 aromatic heterocycles. The summed E-state index contributed by atoms with van der Waals surface area (Å²) in [6.45, 7) is 0. The molecule has 0 unspecified atom stereocenters. The maximum absolute atomic E-state index is 12.4. The van der Waals surface area contributed by atoms with Gasteiger partial charge in [0.2, 0.25) is 0 Å². The Bertz CT molecular complexity index is 521. The first-order valence-electron chi connectivity index (χ1n) is 5.52. The minimum Gasteiger partial charge on any atom is -0.481 e. The molecule has 0 amide bonds. The summed E-state index contributed by atoms with van der Waals surface area (Å²) in [7, 11) is 0. The van der Waals surface area contributed by atoms with E-state index in [1.165, 1.54) is 18.2 Å². The van der Waals surface area contributed by atoms with Crippen molar-refractivity contribution in [1.29, 1.82) is 0 Å². The number of aliphatic carboxylic acids is 2. The molecule has 10 heteroatoms. The van der Waals surface area contributed by atoms with E-state index in [1.807, 2.05) is 0 Å². The molecular formula is C12H10F6O4. The molecule has 22 heavy (non-hydrogen) atoms. The first-order chi connectivity index (χ1) is 9.85. The van der Waals surface area contributed by atoms with Crippen LogP contribution in [0.3, 0.4) is 0 Å². The molecule has 0 bridgehead atoms. The third kappa shape index (κ3) is 7.50. The van der Waals surface area contributed by atoms with Gasteiger partial charge in [-0.2, -0.15) is 26.3 Å². The van der Waals surface area contributed by atoms with Crippen molar-refractivity contribution in [2.75, 3.05) is 0 Å². The Morgan fingerprint density at radius 2 is 1.41 bits per heavy atom. The molecule has 1 aromatic carbocycles. The van der Waals surface area contributed by atoms with E-state index in [0.717, 1.165) is 6.07 Å². The van der Waals surface area contributed by atoms with Gasteiger partial charge in [0.05, 0.1) is 5.56 Å². The zero-order valence-electron chi connectivity index (χ0n) is 10.7. The van der Waals surface area contributed by atoms with Crippen molar-refractivity contribution in [3.63, 3.8) is 0 Å². The number of hydrogen-bond acceptors (Lipinski definition) is 2. The maximum Gasteiger partial charge on any atom is 0.490 e. The minimum atomic E-state index is -5.08. The first-order valence-corrected chi connectivity index (χ1v) is 5.52. The summed E-state index contributed by atoms with van der Waals surface area (Å²) in [5.41, 5.74) is -0.737. The number of aryl methyl sites for hydroxylation is 1. The van der Waals surface area contributed by atoms with Gasteiger partial charge in [-0.1, -0.05) is 18.2 Å². The number of hydrogen-bond donors (Lipinski definition) is 2. The number of carboxylic acids is 2. The lowest BCUT2D eigenvalue weighted by Crippen LogP contribution is -2.21. The van der Waals surface area contributed by atoms with Gasteiger partial charge in [0.1, 0.15) is 0 Å². The van der Waals surface area contributed by atoms with Crippen molar-refractivity contribution in [2.24, 2.45) is 0 Å². The van der Waals surface area contributed by atoms with Crippen LogP contribution in [0.5, 0.6) is 0 Å². The Labute approximate surface area is 120 Å². The van der Waals surface area contributed by atoms with Gasteiger partial charge in [-0.25, -0.2) is 4.79 Å². The van der Waals surface area contributed by atoms with Gasteiger partial charge in [0.25, 0.3) is 0 Å². The van der Waals surface area contributed by atoms with E-state index in [2.05, 4.69) is 0 Å². The zero-order valence-corrected chi connectivity index (χ0v) is 10.7. The summed E-state index contributed by atoms with van der Waals surface area (Å²) in [5, 5.41) is 15.5. The summed E-state index contributed by atoms with van der Waals surface area (Å²) in [6.07, 6.45) is -9.91. The first kappa shape index (κ1) is 19.7. The van der Waals surface area contributed by atoms with Crippen molar-refractivity contribution < 1.29 is 46.1 Å². The molecule has 0 atom stereocenters. The van der Waals surface area contributed by atoms with E-state index < -0.39 is 29.9 Å². The topological polar surface area (TPSA) is 74.6 Å². The van der Waals surface area contributed by atoms with Gasteiger partial charge in [0, 0.05) is 6.42 Å². The van der Waals surface area contributed by atoms with Crippen molar-refractivity contribution in [1.82, 2.24) is 0 Å². The summed E-state index contributed by atoms with van der Waals surface area (Å²) < 4.78 is 69.0. The van der Waals surface area contributed by atoms with E-state index >= 15 is 0 Å². The molecule has 4 nitrogen and oxygen atoms in total. The Morgan fingerprint density at radius 1 is 0.955 bits per heavy atom. The third-order valence-corrected chi connectivity index (χ3v) is 2.17. The van der Waals surface area contributed by atoms with Crippen LogP contribution in [0.1, 0.15) is 17.5 Å². The minimum absolute atomic E-state index is 0.0207. The second kappa shape index (κ2) is 7.66. The zero-order chi connectivity index (χ0) is 17.6. The SMILES string of the molecule is O=C(O)C(F)(F)F.O=C(O)CCc1ccccc1C(F)(F)F. The maximum atomic E-state index is 12.4. The van der Waals surface area contributed by atoms with E-state index in [4.69, 9.17) is 15.0 Å². The van der Waals surface area contributed by atoms with Crippen molar-refractivity contribution in [2.45, 2.75) is 25.2 Å². The van der Waals surface area contributed by atoms with E-state index in [-0.39, 0.29) is 18.4 Å². The quantitative estimate of drug-likeness (QED) is 0.833. The Balaban J connectivity index is 0.000000534. The summed E-state index contributed by atoms with van der Waals surface area (Å²) in [6, 6.07) is 5.00. The van der Waals surface area contributed by atoms with Crippen LogP contribution >= 0.6 is 0 Å². The van der Waals surface area contributed by atoms with Gasteiger partial charge in [0.15, 0.2) is 0 Å². The summed E-state index contributed by atoms with van der Waals surface area (Å²) >= 11 is 0. The van der Waals surface area contributed by atoms with Crippen LogP contribution < -0.4 is 0 Å². The molecular weight excluding hydrogens is 322 g/mol. The van der Waals surface area contributed by atoms with Gasteiger partial charge >= 0.3 is 24.3 Å². The van der Waals surface area contributed by atoms with E-state index in [0.29, 0.717) is 0 Å². The molecule has 0 radical (unpaired) electrons. The van der Waals surface area contributed by atoms with Crippen molar-refractivity contribution in [3.8, 4) is 0 Å². The lowest BCUT2D eigenvalue weighted by atomic mass is 10.0. The predicted octanol–water partition coefficient (Wildman–Crippen LogP) is 3.36. The number of carbonyl (C=O) groups is 2. The molecule has 0 spiro atoms.